The number of benzene rings is 1. The summed E-state index contributed by atoms with van der Waals surface area (Å²) in [5.74, 6) is 0.745. The van der Waals surface area contributed by atoms with Crippen LogP contribution in [0.2, 0.25) is 0 Å². The summed E-state index contributed by atoms with van der Waals surface area (Å²) in [6.45, 7) is 3.86. The van der Waals surface area contributed by atoms with E-state index in [1.54, 1.807) is 11.8 Å². The van der Waals surface area contributed by atoms with Gasteiger partial charge >= 0.3 is 0 Å². The third-order valence-corrected chi connectivity index (χ3v) is 4.88. The van der Waals surface area contributed by atoms with Gasteiger partial charge in [0.25, 0.3) is 0 Å². The second-order valence-corrected chi connectivity index (χ2v) is 6.84. The van der Waals surface area contributed by atoms with Crippen LogP contribution in [0.3, 0.4) is 0 Å². The van der Waals surface area contributed by atoms with E-state index in [1.807, 2.05) is 45.2 Å². The van der Waals surface area contributed by atoms with E-state index in [0.717, 1.165) is 42.0 Å². The predicted octanol–water partition coefficient (Wildman–Crippen LogP) is 1.77. The molecule has 0 radical (unpaired) electrons. The van der Waals surface area contributed by atoms with Crippen LogP contribution in [0.4, 0.5) is 0 Å². The van der Waals surface area contributed by atoms with Crippen LogP contribution in [0.1, 0.15) is 37.2 Å². The SMILES string of the molecule is COc1ccccc1C(C)(C)C(=O)NC1CCc2nnn(C)c2C1. The number of amides is 1. The van der Waals surface area contributed by atoms with Gasteiger partial charge in [-0.25, -0.2) is 0 Å². The molecule has 3 rings (SSSR count). The molecule has 1 aliphatic carbocycles. The molecule has 1 atom stereocenters. The van der Waals surface area contributed by atoms with Gasteiger partial charge < -0.3 is 10.1 Å². The van der Waals surface area contributed by atoms with E-state index in [2.05, 4.69) is 15.6 Å². The first-order valence-corrected chi connectivity index (χ1v) is 8.25. The van der Waals surface area contributed by atoms with E-state index in [1.165, 1.54) is 0 Å². The van der Waals surface area contributed by atoms with Crippen molar-refractivity contribution < 1.29 is 9.53 Å². The molecular weight excluding hydrogens is 304 g/mol. The van der Waals surface area contributed by atoms with Crippen molar-refractivity contribution >= 4 is 5.91 Å². The molecule has 0 fully saturated rings. The van der Waals surface area contributed by atoms with Crippen molar-refractivity contribution in [1.29, 1.82) is 0 Å². The molecule has 1 N–H and O–H groups in total. The minimum absolute atomic E-state index is 0.00979. The molecule has 1 unspecified atom stereocenters. The standard InChI is InChI=1S/C18H24N4O2/c1-18(2,13-7-5-6-8-16(13)24-4)17(23)19-12-9-10-14-15(11-12)22(3)21-20-14/h5-8,12H,9-11H2,1-4H3,(H,19,23). The van der Waals surface area contributed by atoms with Crippen LogP contribution in [0.5, 0.6) is 5.75 Å². The number of aryl methyl sites for hydroxylation is 2. The number of fused-ring (bicyclic) bond motifs is 1. The van der Waals surface area contributed by atoms with Crippen LogP contribution in [-0.4, -0.2) is 34.1 Å². The summed E-state index contributed by atoms with van der Waals surface area (Å²) < 4.78 is 7.23. The highest BCUT2D eigenvalue weighted by Gasteiger charge is 2.34. The number of para-hydroxylation sites is 1. The summed E-state index contributed by atoms with van der Waals surface area (Å²) >= 11 is 0. The lowest BCUT2D eigenvalue weighted by Crippen LogP contribution is -2.47. The van der Waals surface area contributed by atoms with E-state index in [-0.39, 0.29) is 11.9 Å². The highest BCUT2D eigenvalue weighted by molar-refractivity contribution is 5.88. The molecule has 0 saturated heterocycles. The molecule has 2 aromatic rings. The average molecular weight is 328 g/mol. The molecular formula is C18H24N4O2. The van der Waals surface area contributed by atoms with Gasteiger partial charge in [0.05, 0.1) is 23.9 Å². The Morgan fingerprint density at radius 2 is 2.12 bits per heavy atom. The highest BCUT2D eigenvalue weighted by atomic mass is 16.5. The summed E-state index contributed by atoms with van der Waals surface area (Å²) in [6.07, 6.45) is 2.51. The van der Waals surface area contributed by atoms with Crippen molar-refractivity contribution in [3.05, 3.63) is 41.2 Å². The Hall–Kier alpha value is -2.37. The van der Waals surface area contributed by atoms with Crippen molar-refractivity contribution in [3.63, 3.8) is 0 Å². The van der Waals surface area contributed by atoms with Crippen LogP contribution in [0.25, 0.3) is 0 Å². The van der Waals surface area contributed by atoms with E-state index >= 15 is 0 Å². The molecule has 6 nitrogen and oxygen atoms in total. The minimum atomic E-state index is -0.669. The summed E-state index contributed by atoms with van der Waals surface area (Å²) in [7, 11) is 3.53. The number of nitrogens with one attached hydrogen (secondary N) is 1. The normalized spacial score (nSPS) is 17.2. The largest absolute Gasteiger partial charge is 0.496 e. The lowest BCUT2D eigenvalue weighted by atomic mass is 9.82. The molecule has 0 spiro atoms. The first kappa shape index (κ1) is 16.5. The molecule has 1 aromatic carbocycles. The van der Waals surface area contributed by atoms with Crippen molar-refractivity contribution in [3.8, 4) is 5.75 Å². The van der Waals surface area contributed by atoms with Crippen LogP contribution in [0, 0.1) is 0 Å². The smallest absolute Gasteiger partial charge is 0.230 e. The summed E-state index contributed by atoms with van der Waals surface area (Å²) in [5.41, 5.74) is 2.38. The number of carbonyl (C=O) groups excluding carboxylic acids is 1. The third kappa shape index (κ3) is 2.88. The molecule has 0 saturated carbocycles. The maximum absolute atomic E-state index is 12.9. The van der Waals surface area contributed by atoms with Gasteiger partial charge in [-0.2, -0.15) is 0 Å². The number of carbonyl (C=O) groups is 1. The Balaban J connectivity index is 1.76. The number of rotatable bonds is 4. The lowest BCUT2D eigenvalue weighted by molar-refractivity contribution is -0.126. The van der Waals surface area contributed by atoms with Crippen LogP contribution in [0.15, 0.2) is 24.3 Å². The average Bonchev–Trinajstić information content (AvgIpc) is 2.95. The zero-order valence-corrected chi connectivity index (χ0v) is 14.7. The topological polar surface area (TPSA) is 69.0 Å². The van der Waals surface area contributed by atoms with Crippen LogP contribution < -0.4 is 10.1 Å². The highest BCUT2D eigenvalue weighted by Crippen LogP contribution is 2.32. The molecule has 0 aliphatic heterocycles. The van der Waals surface area contributed by atoms with Gasteiger partial charge in [0.2, 0.25) is 5.91 Å². The summed E-state index contributed by atoms with van der Waals surface area (Å²) in [5, 5.41) is 11.4. The Bertz CT molecular complexity index is 751. The van der Waals surface area contributed by atoms with Crippen molar-refractivity contribution in [2.45, 2.75) is 44.6 Å². The summed E-state index contributed by atoms with van der Waals surface area (Å²) in [6, 6.07) is 7.78. The lowest BCUT2D eigenvalue weighted by Gasteiger charge is -2.30. The number of hydrogen-bond donors (Lipinski definition) is 1. The molecule has 1 heterocycles. The first-order chi connectivity index (χ1) is 11.4. The van der Waals surface area contributed by atoms with Gasteiger partial charge in [-0.05, 0) is 32.8 Å². The number of nitrogens with zero attached hydrogens (tertiary/aromatic N) is 3. The van der Waals surface area contributed by atoms with Crippen molar-refractivity contribution in [2.24, 2.45) is 7.05 Å². The number of hydrogen-bond acceptors (Lipinski definition) is 4. The van der Waals surface area contributed by atoms with Crippen LogP contribution in [-0.2, 0) is 30.1 Å². The van der Waals surface area contributed by atoms with E-state index in [9.17, 15) is 4.79 Å². The first-order valence-electron chi connectivity index (χ1n) is 8.25. The van der Waals surface area contributed by atoms with E-state index in [4.69, 9.17) is 4.74 Å². The fourth-order valence-electron chi connectivity index (χ4n) is 3.28. The fourth-order valence-corrected chi connectivity index (χ4v) is 3.28. The molecule has 128 valence electrons. The zero-order chi connectivity index (χ0) is 17.3. The van der Waals surface area contributed by atoms with Gasteiger partial charge in [-0.1, -0.05) is 23.4 Å². The van der Waals surface area contributed by atoms with E-state index in [0.29, 0.717) is 0 Å². The Morgan fingerprint density at radius 1 is 1.38 bits per heavy atom. The maximum Gasteiger partial charge on any atom is 0.230 e. The number of ether oxygens (including phenoxy) is 1. The number of methoxy groups -OCH3 is 1. The summed E-state index contributed by atoms with van der Waals surface area (Å²) in [4.78, 5) is 12.9. The third-order valence-electron chi connectivity index (χ3n) is 4.88. The van der Waals surface area contributed by atoms with Gasteiger partial charge in [-0.15, -0.1) is 5.10 Å². The maximum atomic E-state index is 12.9. The zero-order valence-electron chi connectivity index (χ0n) is 14.7. The minimum Gasteiger partial charge on any atom is -0.496 e. The second kappa shape index (κ2) is 6.26. The second-order valence-electron chi connectivity index (χ2n) is 6.84. The molecule has 0 bridgehead atoms. The van der Waals surface area contributed by atoms with Crippen LogP contribution >= 0.6 is 0 Å². The Kier molecular flexibility index (Phi) is 4.30. The molecule has 1 aromatic heterocycles. The predicted molar refractivity (Wildman–Crippen MR) is 91.0 cm³/mol. The molecule has 6 heteroatoms. The molecule has 24 heavy (non-hydrogen) atoms. The van der Waals surface area contributed by atoms with Gasteiger partial charge in [0, 0.05) is 25.1 Å². The van der Waals surface area contributed by atoms with E-state index < -0.39 is 5.41 Å². The number of aromatic nitrogens is 3. The molecule has 1 amide bonds. The van der Waals surface area contributed by atoms with Gasteiger partial charge in [0.15, 0.2) is 0 Å². The van der Waals surface area contributed by atoms with Crippen molar-refractivity contribution in [1.82, 2.24) is 20.3 Å². The van der Waals surface area contributed by atoms with Gasteiger partial charge in [0.1, 0.15) is 5.75 Å². The monoisotopic (exact) mass is 328 g/mol. The van der Waals surface area contributed by atoms with Crippen molar-refractivity contribution in [2.75, 3.05) is 7.11 Å². The Labute approximate surface area is 142 Å². The quantitative estimate of drug-likeness (QED) is 0.929. The Morgan fingerprint density at radius 3 is 2.88 bits per heavy atom. The molecule has 1 aliphatic rings. The van der Waals surface area contributed by atoms with Gasteiger partial charge in [-0.3, -0.25) is 9.48 Å². The fraction of sp³-hybridized carbons (Fsp3) is 0.500.